The molecule has 0 saturated carbocycles. The van der Waals surface area contributed by atoms with Gasteiger partial charge in [-0.3, -0.25) is 0 Å². The normalized spacial score (nSPS) is 10.3. The smallest absolute Gasteiger partial charge is 0.161 e. The molecule has 27 heavy (non-hydrogen) atoms. The molecule has 0 saturated heterocycles. The maximum absolute atomic E-state index is 5.68. The monoisotopic (exact) mass is 387 g/mol. The Balaban J connectivity index is 0.00000261. The Morgan fingerprint density at radius 1 is 0.889 bits per heavy atom. The lowest BCUT2D eigenvalue weighted by Gasteiger charge is -2.13. The average molecular weight is 388 g/mol. The third-order valence-electron chi connectivity index (χ3n) is 4.00. The first-order valence-corrected chi connectivity index (χ1v) is 8.96. The molecule has 0 aliphatic heterocycles. The van der Waals surface area contributed by atoms with Gasteiger partial charge < -0.3 is 19.4 Å². The van der Waals surface area contributed by atoms with E-state index in [0.717, 1.165) is 30.3 Å². The molecule has 0 atom stereocenters. The van der Waals surface area contributed by atoms with E-state index in [-0.39, 0.29) is 12.4 Å². The summed E-state index contributed by atoms with van der Waals surface area (Å²) >= 11 is 0. The molecule has 0 aliphatic carbocycles. The van der Waals surface area contributed by atoms with Gasteiger partial charge in [-0.1, -0.05) is 18.2 Å². The summed E-state index contributed by atoms with van der Waals surface area (Å²) in [5.41, 5.74) is 3.52. The predicted molar refractivity (Wildman–Crippen MR) is 110 cm³/mol. The number of nitrogens with one attached hydrogen (secondary N) is 1. The molecule has 0 radical (unpaired) electrons. The second-order valence-electron chi connectivity index (χ2n) is 5.89. The van der Waals surface area contributed by atoms with Crippen molar-refractivity contribution in [2.75, 3.05) is 13.2 Å². The Morgan fingerprint density at radius 2 is 1.56 bits per heavy atom. The van der Waals surface area contributed by atoms with Crippen LogP contribution >= 0.6 is 12.4 Å². The van der Waals surface area contributed by atoms with Crippen molar-refractivity contribution in [1.29, 1.82) is 0 Å². The van der Waals surface area contributed by atoms with Crippen molar-refractivity contribution in [3.05, 3.63) is 72.3 Å². The highest BCUT2D eigenvalue weighted by molar-refractivity contribution is 5.85. The predicted octanol–water partition coefficient (Wildman–Crippen LogP) is 4.38. The highest BCUT2D eigenvalue weighted by Crippen LogP contribution is 2.28. The summed E-state index contributed by atoms with van der Waals surface area (Å²) in [6, 6.07) is 14.6. The minimum atomic E-state index is 0. The van der Waals surface area contributed by atoms with E-state index in [1.54, 1.807) is 12.5 Å². The van der Waals surface area contributed by atoms with Crippen molar-refractivity contribution in [3.63, 3.8) is 0 Å². The Morgan fingerprint density at radius 3 is 2.22 bits per heavy atom. The van der Waals surface area contributed by atoms with Gasteiger partial charge >= 0.3 is 0 Å². The molecule has 1 aromatic heterocycles. The van der Waals surface area contributed by atoms with E-state index >= 15 is 0 Å². The third-order valence-corrected chi connectivity index (χ3v) is 4.00. The highest BCUT2D eigenvalue weighted by atomic mass is 35.5. The largest absolute Gasteiger partial charge is 0.490 e. The molecule has 0 bridgehead atoms. The molecule has 2 aromatic carbocycles. The molecule has 0 spiro atoms. The lowest BCUT2D eigenvalue weighted by atomic mass is 10.1. The van der Waals surface area contributed by atoms with E-state index in [1.807, 2.05) is 36.7 Å². The van der Waals surface area contributed by atoms with Crippen LogP contribution in [-0.4, -0.2) is 22.8 Å². The second-order valence-corrected chi connectivity index (χ2v) is 5.89. The van der Waals surface area contributed by atoms with E-state index in [1.165, 1.54) is 11.1 Å². The van der Waals surface area contributed by atoms with Gasteiger partial charge in [-0.15, -0.1) is 12.4 Å². The zero-order chi connectivity index (χ0) is 18.2. The van der Waals surface area contributed by atoms with Gasteiger partial charge in [-0.05, 0) is 49.2 Å². The topological polar surface area (TPSA) is 48.3 Å². The fourth-order valence-electron chi connectivity index (χ4n) is 2.75. The number of benzene rings is 2. The molecular formula is C21H26ClN3O2. The van der Waals surface area contributed by atoms with Gasteiger partial charge in [-0.2, -0.15) is 0 Å². The Kier molecular flexibility index (Phi) is 8.17. The number of halogens is 1. The van der Waals surface area contributed by atoms with Crippen LogP contribution in [0.3, 0.4) is 0 Å². The first-order chi connectivity index (χ1) is 12.8. The third kappa shape index (κ3) is 5.74. The van der Waals surface area contributed by atoms with Crippen LogP contribution in [0.4, 0.5) is 0 Å². The summed E-state index contributed by atoms with van der Waals surface area (Å²) in [5, 5.41) is 3.48. The van der Waals surface area contributed by atoms with Crippen LogP contribution < -0.4 is 14.8 Å². The van der Waals surface area contributed by atoms with Crippen molar-refractivity contribution >= 4 is 12.4 Å². The number of hydrogen-bond donors (Lipinski definition) is 1. The molecule has 3 rings (SSSR count). The van der Waals surface area contributed by atoms with Crippen LogP contribution in [0.15, 0.2) is 61.2 Å². The molecule has 0 unspecified atom stereocenters. The van der Waals surface area contributed by atoms with Crippen LogP contribution in [0.25, 0.3) is 5.69 Å². The lowest BCUT2D eigenvalue weighted by molar-refractivity contribution is 0.287. The van der Waals surface area contributed by atoms with Gasteiger partial charge in [0.1, 0.15) is 0 Å². The van der Waals surface area contributed by atoms with E-state index < -0.39 is 0 Å². The molecule has 5 nitrogen and oxygen atoms in total. The first-order valence-electron chi connectivity index (χ1n) is 8.96. The second kappa shape index (κ2) is 10.6. The average Bonchev–Trinajstić information content (AvgIpc) is 3.19. The molecule has 1 heterocycles. The molecule has 1 N–H and O–H groups in total. The first kappa shape index (κ1) is 20.8. The maximum atomic E-state index is 5.68. The molecule has 3 aromatic rings. The van der Waals surface area contributed by atoms with Crippen molar-refractivity contribution < 1.29 is 9.47 Å². The summed E-state index contributed by atoms with van der Waals surface area (Å²) in [4.78, 5) is 4.07. The molecule has 0 fully saturated rings. The van der Waals surface area contributed by atoms with Gasteiger partial charge in [0, 0.05) is 31.2 Å². The number of hydrogen-bond acceptors (Lipinski definition) is 4. The number of rotatable bonds is 9. The van der Waals surface area contributed by atoms with Gasteiger partial charge in [0.05, 0.1) is 19.5 Å². The fraction of sp³-hybridized carbons (Fsp3) is 0.286. The molecular weight excluding hydrogens is 362 g/mol. The Labute approximate surface area is 166 Å². The van der Waals surface area contributed by atoms with Crippen molar-refractivity contribution in [2.24, 2.45) is 0 Å². The van der Waals surface area contributed by atoms with E-state index in [4.69, 9.17) is 9.47 Å². The standard InChI is InChI=1S/C21H25N3O2.ClH/c1-3-25-20-10-7-18(13-21(20)26-4-2)15-23-14-17-5-8-19(9-6-17)24-12-11-22-16-24;/h5-13,16,23H,3-4,14-15H2,1-2H3;1H. The zero-order valence-corrected chi connectivity index (χ0v) is 16.5. The summed E-state index contributed by atoms with van der Waals surface area (Å²) in [5.74, 6) is 1.60. The minimum absolute atomic E-state index is 0. The van der Waals surface area contributed by atoms with Crippen molar-refractivity contribution in [1.82, 2.24) is 14.9 Å². The van der Waals surface area contributed by atoms with Gasteiger partial charge in [-0.25, -0.2) is 4.98 Å². The lowest BCUT2D eigenvalue weighted by Crippen LogP contribution is -2.13. The summed E-state index contributed by atoms with van der Waals surface area (Å²) in [6.45, 7) is 6.79. The number of aromatic nitrogens is 2. The van der Waals surface area contributed by atoms with Crippen LogP contribution in [0.2, 0.25) is 0 Å². The van der Waals surface area contributed by atoms with Crippen LogP contribution in [-0.2, 0) is 13.1 Å². The van der Waals surface area contributed by atoms with Crippen molar-refractivity contribution in [2.45, 2.75) is 26.9 Å². The molecule has 144 valence electrons. The number of imidazole rings is 1. The molecule has 6 heteroatoms. The van der Waals surface area contributed by atoms with Crippen LogP contribution in [0.5, 0.6) is 11.5 Å². The fourth-order valence-corrected chi connectivity index (χ4v) is 2.75. The Bertz CT molecular complexity index is 805. The summed E-state index contributed by atoms with van der Waals surface area (Å²) in [7, 11) is 0. The number of ether oxygens (including phenoxy) is 2. The van der Waals surface area contributed by atoms with Gasteiger partial charge in [0.2, 0.25) is 0 Å². The summed E-state index contributed by atoms with van der Waals surface area (Å²) in [6.07, 6.45) is 5.52. The minimum Gasteiger partial charge on any atom is -0.490 e. The molecule has 0 aliphatic rings. The maximum Gasteiger partial charge on any atom is 0.161 e. The van der Waals surface area contributed by atoms with E-state index in [9.17, 15) is 0 Å². The van der Waals surface area contributed by atoms with Crippen molar-refractivity contribution in [3.8, 4) is 17.2 Å². The number of nitrogens with zero attached hydrogens (tertiary/aromatic N) is 2. The van der Waals surface area contributed by atoms with Gasteiger partial charge in [0.15, 0.2) is 11.5 Å². The highest BCUT2D eigenvalue weighted by Gasteiger charge is 2.06. The van der Waals surface area contributed by atoms with E-state index in [2.05, 4.69) is 40.6 Å². The van der Waals surface area contributed by atoms with E-state index in [0.29, 0.717) is 13.2 Å². The van der Waals surface area contributed by atoms with Gasteiger partial charge in [0.25, 0.3) is 0 Å². The summed E-state index contributed by atoms with van der Waals surface area (Å²) < 4.78 is 13.3. The zero-order valence-electron chi connectivity index (χ0n) is 15.7. The van der Waals surface area contributed by atoms with Crippen LogP contribution in [0, 0.1) is 0 Å². The molecule has 0 amide bonds. The SMILES string of the molecule is CCOc1ccc(CNCc2ccc(-n3ccnc3)cc2)cc1OCC.Cl. The quantitative estimate of drug-likeness (QED) is 0.591. The Hall–Kier alpha value is -2.50. The van der Waals surface area contributed by atoms with Crippen LogP contribution in [0.1, 0.15) is 25.0 Å².